The highest BCUT2D eigenvalue weighted by Gasteiger charge is 2.14. The van der Waals surface area contributed by atoms with Gasteiger partial charge in [-0.2, -0.15) is 0 Å². The summed E-state index contributed by atoms with van der Waals surface area (Å²) in [5.74, 6) is 0.350. The number of carbonyl (C=O) groups is 2. The second-order valence-corrected chi connectivity index (χ2v) is 8.41. The van der Waals surface area contributed by atoms with E-state index >= 15 is 0 Å². The summed E-state index contributed by atoms with van der Waals surface area (Å²) in [5.41, 5.74) is 0.794. The normalized spacial score (nSPS) is 11.6. The third-order valence-corrected chi connectivity index (χ3v) is 5.43. The third-order valence-electron chi connectivity index (χ3n) is 5.43. The molecule has 33 heavy (non-hydrogen) atoms. The Balaban J connectivity index is 1.79. The smallest absolute Gasteiger partial charge is 0.343 e. The topological polar surface area (TPSA) is 61.8 Å². The van der Waals surface area contributed by atoms with Gasteiger partial charge in [0.05, 0.1) is 23.8 Å². The molecule has 2 rings (SSSR count). The van der Waals surface area contributed by atoms with Gasteiger partial charge in [-0.1, -0.05) is 52.4 Å². The van der Waals surface area contributed by atoms with Gasteiger partial charge in [0.1, 0.15) is 11.5 Å². The molecular formula is C28H38O5. The van der Waals surface area contributed by atoms with Gasteiger partial charge in [-0.05, 0) is 74.7 Å². The summed E-state index contributed by atoms with van der Waals surface area (Å²) in [4.78, 5) is 24.8. The molecule has 1 atom stereocenters. The van der Waals surface area contributed by atoms with E-state index in [-0.39, 0.29) is 12.1 Å². The van der Waals surface area contributed by atoms with Crippen molar-refractivity contribution in [3.8, 4) is 11.5 Å². The van der Waals surface area contributed by atoms with Crippen LogP contribution in [0.5, 0.6) is 11.5 Å². The highest BCUT2D eigenvalue weighted by molar-refractivity contribution is 5.94. The minimum atomic E-state index is -0.479. The number of ether oxygens (including phenoxy) is 3. The van der Waals surface area contributed by atoms with Crippen LogP contribution in [0, 0.1) is 0 Å². The van der Waals surface area contributed by atoms with Gasteiger partial charge < -0.3 is 14.2 Å². The van der Waals surface area contributed by atoms with Crippen molar-refractivity contribution in [2.75, 3.05) is 6.61 Å². The molecule has 0 bridgehead atoms. The van der Waals surface area contributed by atoms with Gasteiger partial charge >= 0.3 is 11.9 Å². The SMILES string of the molecule is CCCCCCOc1ccc(OC(=O)c2ccc(C(=O)OC(C)CCCCCC)cc2)cc1. The van der Waals surface area contributed by atoms with Crippen LogP contribution in [-0.4, -0.2) is 24.6 Å². The van der Waals surface area contributed by atoms with E-state index in [1.807, 2.05) is 6.92 Å². The molecule has 0 saturated heterocycles. The zero-order chi connectivity index (χ0) is 23.9. The van der Waals surface area contributed by atoms with Crippen LogP contribution in [0.2, 0.25) is 0 Å². The average Bonchev–Trinajstić information content (AvgIpc) is 2.83. The Morgan fingerprint density at radius 1 is 0.697 bits per heavy atom. The molecule has 5 nitrogen and oxygen atoms in total. The predicted octanol–water partition coefficient (Wildman–Crippen LogP) is 7.38. The van der Waals surface area contributed by atoms with Crippen molar-refractivity contribution in [1.29, 1.82) is 0 Å². The zero-order valence-corrected chi connectivity index (χ0v) is 20.3. The van der Waals surface area contributed by atoms with Crippen molar-refractivity contribution < 1.29 is 23.8 Å². The van der Waals surface area contributed by atoms with Crippen LogP contribution in [0.15, 0.2) is 48.5 Å². The van der Waals surface area contributed by atoms with Gasteiger partial charge in [-0.25, -0.2) is 9.59 Å². The quantitative estimate of drug-likeness (QED) is 0.160. The van der Waals surface area contributed by atoms with E-state index in [1.54, 1.807) is 48.5 Å². The minimum absolute atomic E-state index is 0.123. The standard InChI is InChI=1S/C28H38O5/c1-4-6-8-10-12-22(3)32-27(29)23-13-15-24(16-14-23)28(30)33-26-19-17-25(18-20-26)31-21-11-9-7-5-2/h13-20,22H,4-12,21H2,1-3H3. The number of carbonyl (C=O) groups excluding carboxylic acids is 2. The average molecular weight is 455 g/mol. The van der Waals surface area contributed by atoms with E-state index in [2.05, 4.69) is 13.8 Å². The van der Waals surface area contributed by atoms with Crippen molar-refractivity contribution in [2.45, 2.75) is 84.7 Å². The number of benzene rings is 2. The third kappa shape index (κ3) is 10.1. The van der Waals surface area contributed by atoms with Crippen LogP contribution in [-0.2, 0) is 4.74 Å². The van der Waals surface area contributed by atoms with Crippen LogP contribution in [0.25, 0.3) is 0 Å². The lowest BCUT2D eigenvalue weighted by Crippen LogP contribution is -2.15. The minimum Gasteiger partial charge on any atom is -0.494 e. The first-order valence-electron chi connectivity index (χ1n) is 12.3. The van der Waals surface area contributed by atoms with Crippen LogP contribution in [0.4, 0.5) is 0 Å². The second kappa shape index (κ2) is 15.1. The van der Waals surface area contributed by atoms with Gasteiger partial charge in [-0.15, -0.1) is 0 Å². The summed E-state index contributed by atoms with van der Waals surface area (Å²) in [6.45, 7) is 6.95. The Kier molecular flexibility index (Phi) is 12.1. The molecular weight excluding hydrogens is 416 g/mol. The molecule has 0 spiro atoms. The molecule has 2 aromatic carbocycles. The lowest BCUT2D eigenvalue weighted by Gasteiger charge is -2.13. The fourth-order valence-corrected chi connectivity index (χ4v) is 3.40. The fourth-order valence-electron chi connectivity index (χ4n) is 3.40. The maximum atomic E-state index is 12.4. The first kappa shape index (κ1) is 26.4. The molecule has 0 amide bonds. The molecule has 5 heteroatoms. The van der Waals surface area contributed by atoms with E-state index in [0.717, 1.165) is 31.4 Å². The Morgan fingerprint density at radius 3 is 1.85 bits per heavy atom. The lowest BCUT2D eigenvalue weighted by molar-refractivity contribution is 0.0319. The molecule has 0 N–H and O–H groups in total. The van der Waals surface area contributed by atoms with Crippen LogP contribution >= 0.6 is 0 Å². The largest absolute Gasteiger partial charge is 0.494 e. The summed E-state index contributed by atoms with van der Waals surface area (Å²) in [6.07, 6.45) is 9.96. The summed E-state index contributed by atoms with van der Waals surface area (Å²) < 4.78 is 16.6. The maximum Gasteiger partial charge on any atom is 0.343 e. The van der Waals surface area contributed by atoms with Crippen molar-refractivity contribution >= 4 is 11.9 Å². The second-order valence-electron chi connectivity index (χ2n) is 8.41. The molecule has 0 aliphatic rings. The Labute approximate surface area is 198 Å². The van der Waals surface area contributed by atoms with Crippen molar-refractivity contribution in [3.05, 3.63) is 59.7 Å². The van der Waals surface area contributed by atoms with E-state index in [1.165, 1.54) is 32.1 Å². The first-order chi connectivity index (χ1) is 16.0. The van der Waals surface area contributed by atoms with Gasteiger partial charge in [0.15, 0.2) is 0 Å². The summed E-state index contributed by atoms with van der Waals surface area (Å²) in [6, 6.07) is 13.4. The first-order valence-corrected chi connectivity index (χ1v) is 12.3. The van der Waals surface area contributed by atoms with Crippen molar-refractivity contribution in [3.63, 3.8) is 0 Å². The molecule has 1 unspecified atom stereocenters. The van der Waals surface area contributed by atoms with Gasteiger partial charge in [0.25, 0.3) is 0 Å². The molecule has 0 fully saturated rings. The lowest BCUT2D eigenvalue weighted by atomic mass is 10.1. The zero-order valence-electron chi connectivity index (χ0n) is 20.3. The van der Waals surface area contributed by atoms with Gasteiger partial charge in [0, 0.05) is 0 Å². The van der Waals surface area contributed by atoms with Crippen LogP contribution < -0.4 is 9.47 Å². The predicted molar refractivity (Wildman–Crippen MR) is 131 cm³/mol. The summed E-state index contributed by atoms with van der Waals surface area (Å²) >= 11 is 0. The molecule has 0 aliphatic heterocycles. The number of hydrogen-bond donors (Lipinski definition) is 0. The number of hydrogen-bond acceptors (Lipinski definition) is 5. The van der Waals surface area contributed by atoms with E-state index < -0.39 is 5.97 Å². The Bertz CT molecular complexity index is 826. The van der Waals surface area contributed by atoms with E-state index in [9.17, 15) is 9.59 Å². The molecule has 2 aromatic rings. The molecule has 0 radical (unpaired) electrons. The summed E-state index contributed by atoms with van der Waals surface area (Å²) in [7, 11) is 0. The number of esters is 2. The van der Waals surface area contributed by atoms with Crippen molar-refractivity contribution in [2.24, 2.45) is 0 Å². The van der Waals surface area contributed by atoms with Crippen molar-refractivity contribution in [1.82, 2.24) is 0 Å². The fraction of sp³-hybridized carbons (Fsp3) is 0.500. The van der Waals surface area contributed by atoms with E-state index in [0.29, 0.717) is 23.5 Å². The molecule has 0 heterocycles. The monoisotopic (exact) mass is 454 g/mol. The summed E-state index contributed by atoms with van der Waals surface area (Å²) in [5, 5.41) is 0. The van der Waals surface area contributed by atoms with Crippen LogP contribution in [0.3, 0.4) is 0 Å². The molecule has 0 aromatic heterocycles. The number of unbranched alkanes of at least 4 members (excludes halogenated alkanes) is 6. The molecule has 0 aliphatic carbocycles. The molecule has 180 valence electrons. The van der Waals surface area contributed by atoms with Gasteiger partial charge in [-0.3, -0.25) is 0 Å². The van der Waals surface area contributed by atoms with Crippen LogP contribution in [0.1, 0.15) is 99.3 Å². The Morgan fingerprint density at radius 2 is 1.24 bits per heavy atom. The van der Waals surface area contributed by atoms with Gasteiger partial charge in [0.2, 0.25) is 0 Å². The molecule has 0 saturated carbocycles. The maximum absolute atomic E-state index is 12.4. The van der Waals surface area contributed by atoms with E-state index in [4.69, 9.17) is 14.2 Å². The highest BCUT2D eigenvalue weighted by Crippen LogP contribution is 2.20. The highest BCUT2D eigenvalue weighted by atomic mass is 16.5. The Hall–Kier alpha value is -2.82. The number of rotatable bonds is 15.